The molecular formula is C21H19ClN2O4S. The second-order valence-electron chi connectivity index (χ2n) is 6.59. The summed E-state index contributed by atoms with van der Waals surface area (Å²) in [4.78, 5) is 17.6. The average molecular weight is 431 g/mol. The minimum absolute atomic E-state index is 0.161. The molecule has 1 aliphatic rings. The zero-order valence-corrected chi connectivity index (χ0v) is 17.5. The van der Waals surface area contributed by atoms with E-state index in [4.69, 9.17) is 25.8 Å². The van der Waals surface area contributed by atoms with Gasteiger partial charge in [0.2, 0.25) is 6.79 Å². The molecule has 8 heteroatoms. The largest absolute Gasteiger partial charge is 0.486 e. The van der Waals surface area contributed by atoms with E-state index in [2.05, 4.69) is 10.3 Å². The fourth-order valence-corrected chi connectivity index (χ4v) is 3.90. The number of nitrogens with one attached hydrogen (secondary N) is 1. The van der Waals surface area contributed by atoms with Gasteiger partial charge >= 0.3 is 0 Å². The zero-order valence-electron chi connectivity index (χ0n) is 16.0. The van der Waals surface area contributed by atoms with E-state index in [9.17, 15) is 4.79 Å². The summed E-state index contributed by atoms with van der Waals surface area (Å²) in [6, 6.07) is 11.1. The molecular weight excluding hydrogens is 412 g/mol. The molecule has 6 nitrogen and oxygen atoms in total. The number of hydrogen-bond acceptors (Lipinski definition) is 6. The number of nitrogens with zero attached hydrogens (tertiary/aromatic N) is 1. The molecule has 0 spiro atoms. The summed E-state index contributed by atoms with van der Waals surface area (Å²) < 4.78 is 16.4. The first kappa shape index (κ1) is 19.5. The Kier molecular flexibility index (Phi) is 5.60. The van der Waals surface area contributed by atoms with Crippen LogP contribution in [0.4, 0.5) is 0 Å². The van der Waals surface area contributed by atoms with Gasteiger partial charge in [0.15, 0.2) is 11.5 Å². The standard InChI is InChI=1S/C21H19ClN2O4S/c1-12-7-15(4-5-16(12)22)26-10-19-24-13(2)20(29-19)21(25)23-9-14-3-6-17-18(8-14)28-11-27-17/h3-8H,9-11H2,1-2H3,(H,23,25). The minimum atomic E-state index is -0.161. The van der Waals surface area contributed by atoms with E-state index in [1.54, 1.807) is 6.07 Å². The van der Waals surface area contributed by atoms with Crippen LogP contribution in [-0.4, -0.2) is 17.7 Å². The molecule has 0 atom stereocenters. The molecule has 1 aliphatic heterocycles. The average Bonchev–Trinajstić information content (AvgIpc) is 3.32. The van der Waals surface area contributed by atoms with Crippen LogP contribution in [0.3, 0.4) is 0 Å². The van der Waals surface area contributed by atoms with Crippen LogP contribution in [0.5, 0.6) is 17.2 Å². The highest BCUT2D eigenvalue weighted by Crippen LogP contribution is 2.32. The third-order valence-electron chi connectivity index (χ3n) is 4.43. The van der Waals surface area contributed by atoms with Crippen LogP contribution in [0.1, 0.15) is 31.5 Å². The molecule has 29 heavy (non-hydrogen) atoms. The Bertz CT molecular complexity index is 1070. The van der Waals surface area contributed by atoms with Crippen molar-refractivity contribution in [1.82, 2.24) is 10.3 Å². The van der Waals surface area contributed by atoms with Crippen molar-refractivity contribution < 1.29 is 19.0 Å². The lowest BCUT2D eigenvalue weighted by Crippen LogP contribution is -2.22. The first-order valence-electron chi connectivity index (χ1n) is 9.01. The molecule has 0 saturated carbocycles. The first-order valence-corrected chi connectivity index (χ1v) is 10.2. The van der Waals surface area contributed by atoms with Gasteiger partial charge in [0, 0.05) is 11.6 Å². The van der Waals surface area contributed by atoms with Gasteiger partial charge in [-0.25, -0.2) is 4.98 Å². The van der Waals surface area contributed by atoms with Gasteiger partial charge in [-0.2, -0.15) is 0 Å². The van der Waals surface area contributed by atoms with E-state index < -0.39 is 0 Å². The molecule has 0 aliphatic carbocycles. The number of carbonyl (C=O) groups excluding carboxylic acids is 1. The topological polar surface area (TPSA) is 69.7 Å². The summed E-state index contributed by atoms with van der Waals surface area (Å²) in [5.74, 6) is 1.97. The molecule has 0 fully saturated rings. The van der Waals surface area contributed by atoms with Crippen LogP contribution in [0.25, 0.3) is 0 Å². The predicted molar refractivity (Wildman–Crippen MR) is 111 cm³/mol. The number of halogens is 1. The fraction of sp³-hybridized carbons (Fsp3) is 0.238. The molecule has 0 saturated heterocycles. The highest BCUT2D eigenvalue weighted by Gasteiger charge is 2.17. The minimum Gasteiger partial charge on any atom is -0.486 e. The van der Waals surface area contributed by atoms with Gasteiger partial charge in [-0.1, -0.05) is 17.7 Å². The van der Waals surface area contributed by atoms with Crippen molar-refractivity contribution in [1.29, 1.82) is 0 Å². The molecule has 1 N–H and O–H groups in total. The van der Waals surface area contributed by atoms with Gasteiger partial charge in [-0.05, 0) is 55.3 Å². The maximum atomic E-state index is 12.6. The van der Waals surface area contributed by atoms with Gasteiger partial charge in [-0.15, -0.1) is 11.3 Å². The third-order valence-corrected chi connectivity index (χ3v) is 5.98. The van der Waals surface area contributed by atoms with Crippen molar-refractivity contribution in [2.75, 3.05) is 6.79 Å². The Morgan fingerprint density at radius 2 is 2.03 bits per heavy atom. The number of ether oxygens (including phenoxy) is 3. The lowest BCUT2D eigenvalue weighted by molar-refractivity contribution is 0.0954. The van der Waals surface area contributed by atoms with Gasteiger partial charge < -0.3 is 19.5 Å². The van der Waals surface area contributed by atoms with Crippen LogP contribution < -0.4 is 19.5 Å². The smallest absolute Gasteiger partial charge is 0.263 e. The number of aryl methyl sites for hydroxylation is 2. The Balaban J connectivity index is 1.36. The van der Waals surface area contributed by atoms with Gasteiger partial charge in [-0.3, -0.25) is 4.79 Å². The third kappa shape index (κ3) is 4.46. The molecule has 2 aromatic carbocycles. The molecule has 0 bridgehead atoms. The maximum absolute atomic E-state index is 12.6. The van der Waals surface area contributed by atoms with Crippen molar-refractivity contribution in [3.63, 3.8) is 0 Å². The number of benzene rings is 2. The van der Waals surface area contributed by atoms with Crippen molar-refractivity contribution in [2.45, 2.75) is 27.0 Å². The Morgan fingerprint density at radius 3 is 2.86 bits per heavy atom. The van der Waals surface area contributed by atoms with Crippen molar-refractivity contribution in [3.05, 3.63) is 68.1 Å². The number of amides is 1. The molecule has 1 aromatic heterocycles. The molecule has 4 rings (SSSR count). The van der Waals surface area contributed by atoms with Crippen LogP contribution in [0, 0.1) is 13.8 Å². The first-order chi connectivity index (χ1) is 14.0. The monoisotopic (exact) mass is 430 g/mol. The quantitative estimate of drug-likeness (QED) is 0.616. The molecule has 2 heterocycles. The number of thiazole rings is 1. The Hall–Kier alpha value is -2.77. The maximum Gasteiger partial charge on any atom is 0.263 e. The normalized spacial score (nSPS) is 12.1. The van der Waals surface area contributed by atoms with E-state index in [1.807, 2.05) is 44.2 Å². The van der Waals surface area contributed by atoms with Crippen LogP contribution in [0.15, 0.2) is 36.4 Å². The van der Waals surface area contributed by atoms with Gasteiger partial charge in [0.25, 0.3) is 5.91 Å². The van der Waals surface area contributed by atoms with Gasteiger partial charge in [0.1, 0.15) is 22.2 Å². The number of carbonyl (C=O) groups is 1. The summed E-state index contributed by atoms with van der Waals surface area (Å²) in [5, 5.41) is 4.36. The second-order valence-corrected chi connectivity index (χ2v) is 8.08. The summed E-state index contributed by atoms with van der Waals surface area (Å²) in [5.41, 5.74) is 2.57. The SMILES string of the molecule is Cc1cc(OCc2nc(C)c(C(=O)NCc3ccc4c(c3)OCO4)s2)ccc1Cl. The number of rotatable bonds is 6. The van der Waals surface area contributed by atoms with Crippen LogP contribution in [0.2, 0.25) is 5.02 Å². The zero-order chi connectivity index (χ0) is 20.4. The van der Waals surface area contributed by atoms with Crippen molar-refractivity contribution in [3.8, 4) is 17.2 Å². The second kappa shape index (κ2) is 8.31. The molecule has 0 unspecified atom stereocenters. The van der Waals surface area contributed by atoms with Crippen molar-refractivity contribution >= 4 is 28.8 Å². The van der Waals surface area contributed by atoms with Crippen LogP contribution >= 0.6 is 22.9 Å². The number of hydrogen-bond donors (Lipinski definition) is 1. The molecule has 150 valence electrons. The summed E-state index contributed by atoms with van der Waals surface area (Å²) in [7, 11) is 0. The van der Waals surface area contributed by atoms with Crippen molar-refractivity contribution in [2.24, 2.45) is 0 Å². The highest BCUT2D eigenvalue weighted by molar-refractivity contribution is 7.13. The summed E-state index contributed by atoms with van der Waals surface area (Å²) >= 11 is 7.37. The highest BCUT2D eigenvalue weighted by atomic mass is 35.5. The lowest BCUT2D eigenvalue weighted by Gasteiger charge is -2.06. The summed E-state index contributed by atoms with van der Waals surface area (Å²) in [6.45, 7) is 4.66. The van der Waals surface area contributed by atoms with E-state index in [0.717, 1.165) is 21.9 Å². The van der Waals surface area contributed by atoms with E-state index in [-0.39, 0.29) is 12.7 Å². The Labute approximate surface area is 177 Å². The fourth-order valence-electron chi connectivity index (χ4n) is 2.89. The van der Waals surface area contributed by atoms with E-state index in [1.165, 1.54) is 11.3 Å². The Morgan fingerprint density at radius 1 is 1.21 bits per heavy atom. The van der Waals surface area contributed by atoms with Crippen LogP contribution in [-0.2, 0) is 13.2 Å². The van der Waals surface area contributed by atoms with E-state index in [0.29, 0.717) is 40.2 Å². The lowest BCUT2D eigenvalue weighted by atomic mass is 10.2. The molecule has 0 radical (unpaired) electrons. The number of aromatic nitrogens is 1. The van der Waals surface area contributed by atoms with Gasteiger partial charge in [0.05, 0.1) is 5.69 Å². The number of fused-ring (bicyclic) bond motifs is 1. The molecule has 1 amide bonds. The predicted octanol–water partition coefficient (Wildman–Crippen LogP) is 4.65. The van der Waals surface area contributed by atoms with E-state index >= 15 is 0 Å². The summed E-state index contributed by atoms with van der Waals surface area (Å²) in [6.07, 6.45) is 0. The molecule has 3 aromatic rings.